The van der Waals surface area contributed by atoms with Crippen LogP contribution in [0.5, 0.6) is 0 Å². The lowest BCUT2D eigenvalue weighted by atomic mass is 9.70. The van der Waals surface area contributed by atoms with Gasteiger partial charge in [-0.2, -0.15) is 13.2 Å². The number of hydrogen-bond acceptors (Lipinski definition) is 4. The van der Waals surface area contributed by atoms with Crippen molar-refractivity contribution in [3.8, 4) is 0 Å². The zero-order chi connectivity index (χ0) is 34.0. The molecule has 48 heavy (non-hydrogen) atoms. The van der Waals surface area contributed by atoms with Crippen LogP contribution in [0.15, 0.2) is 97.6 Å². The van der Waals surface area contributed by atoms with E-state index >= 15 is 0 Å². The lowest BCUT2D eigenvalue weighted by Gasteiger charge is -2.38. The van der Waals surface area contributed by atoms with Crippen molar-refractivity contribution in [2.45, 2.75) is 62.6 Å². The van der Waals surface area contributed by atoms with Crippen molar-refractivity contribution in [3.63, 3.8) is 0 Å². The zero-order valence-corrected chi connectivity index (χ0v) is 27.6. The Labute approximate surface area is 282 Å². The van der Waals surface area contributed by atoms with Crippen molar-refractivity contribution < 1.29 is 22.8 Å². The lowest BCUT2D eigenvalue weighted by molar-refractivity contribution is -0.141. The molecule has 6 nitrogen and oxygen atoms in total. The van der Waals surface area contributed by atoms with Gasteiger partial charge >= 0.3 is 6.18 Å². The van der Waals surface area contributed by atoms with Gasteiger partial charge < -0.3 is 15.1 Å². The van der Waals surface area contributed by atoms with Crippen molar-refractivity contribution in [3.05, 3.63) is 114 Å². The minimum atomic E-state index is -4.51. The van der Waals surface area contributed by atoms with Gasteiger partial charge in [-0.25, -0.2) is 0 Å². The smallest absolute Gasteiger partial charge is 0.369 e. The van der Waals surface area contributed by atoms with Crippen molar-refractivity contribution in [2.75, 3.05) is 50.7 Å². The third-order valence-corrected chi connectivity index (χ3v) is 9.85. The van der Waals surface area contributed by atoms with Crippen LogP contribution in [-0.2, 0) is 10.2 Å². The molecular weight excluding hydrogens is 613 g/mol. The van der Waals surface area contributed by atoms with Crippen LogP contribution in [0.25, 0.3) is 0 Å². The average molecular weight is 661 g/mol. The zero-order valence-electron chi connectivity index (χ0n) is 27.6. The number of carbonyl (C=O) groups is 2. The molecule has 1 saturated heterocycles. The number of amides is 2. The van der Waals surface area contributed by atoms with Gasteiger partial charge in [-0.05, 0) is 67.6 Å². The first-order valence-corrected chi connectivity index (χ1v) is 17.2. The first-order valence-electron chi connectivity index (χ1n) is 17.2. The molecular formula is C39H47F3N4O2. The molecule has 3 aromatic carbocycles. The molecule has 5 rings (SSSR count). The Morgan fingerprint density at radius 2 is 1.42 bits per heavy atom. The van der Waals surface area contributed by atoms with E-state index in [2.05, 4.69) is 21.7 Å². The van der Waals surface area contributed by atoms with E-state index in [9.17, 15) is 22.8 Å². The fraction of sp³-hybridized carbons (Fsp3) is 0.436. The van der Waals surface area contributed by atoms with E-state index in [0.717, 1.165) is 64.1 Å². The lowest BCUT2D eigenvalue weighted by Crippen LogP contribution is -2.49. The van der Waals surface area contributed by atoms with E-state index in [0.29, 0.717) is 36.1 Å². The van der Waals surface area contributed by atoms with Crippen LogP contribution in [0.1, 0.15) is 66.4 Å². The summed E-state index contributed by atoms with van der Waals surface area (Å²) in [5, 5.41) is 2.20. The minimum absolute atomic E-state index is 0.0624. The number of carbonyl (C=O) groups excluding carboxylic acids is 2. The molecule has 0 aromatic heterocycles. The molecule has 0 spiro atoms. The summed E-state index contributed by atoms with van der Waals surface area (Å²) in [7, 11) is 0. The molecule has 1 saturated carbocycles. The molecule has 3 aromatic rings. The number of anilines is 1. The molecule has 1 aliphatic heterocycles. The van der Waals surface area contributed by atoms with Gasteiger partial charge in [-0.3, -0.25) is 14.5 Å². The van der Waals surface area contributed by atoms with Crippen LogP contribution >= 0.6 is 0 Å². The van der Waals surface area contributed by atoms with Gasteiger partial charge in [0, 0.05) is 50.0 Å². The third-order valence-electron chi connectivity index (χ3n) is 9.85. The fourth-order valence-corrected chi connectivity index (χ4v) is 7.32. The SMILES string of the molecule is C=CCN(C(=O)c1ccc(N2CCN(CCCC(C(=O)NCC(F)(F)F)(c3ccccc3)c3ccccc3)CC2)cc1)C1CCCCC1. The molecule has 1 heterocycles. The summed E-state index contributed by atoms with van der Waals surface area (Å²) in [6.07, 6.45) is 3.95. The topological polar surface area (TPSA) is 55.9 Å². The average Bonchev–Trinajstić information content (AvgIpc) is 3.12. The second-order valence-corrected chi connectivity index (χ2v) is 13.0. The summed E-state index contributed by atoms with van der Waals surface area (Å²) in [5.41, 5.74) is 1.87. The summed E-state index contributed by atoms with van der Waals surface area (Å²) in [5.74, 6) is -0.581. The number of halogens is 3. The second kappa shape index (κ2) is 16.3. The molecule has 1 N–H and O–H groups in total. The van der Waals surface area contributed by atoms with E-state index in [1.165, 1.54) is 6.42 Å². The summed E-state index contributed by atoms with van der Waals surface area (Å²) in [4.78, 5) is 33.8. The maximum absolute atomic E-state index is 13.8. The van der Waals surface area contributed by atoms with Crippen molar-refractivity contribution >= 4 is 17.5 Å². The van der Waals surface area contributed by atoms with Crippen LogP contribution in [-0.4, -0.2) is 79.6 Å². The molecule has 2 fully saturated rings. The number of alkyl halides is 3. The van der Waals surface area contributed by atoms with Crippen LogP contribution in [0.4, 0.5) is 18.9 Å². The maximum atomic E-state index is 13.8. The van der Waals surface area contributed by atoms with Crippen LogP contribution in [0.3, 0.4) is 0 Å². The highest BCUT2D eigenvalue weighted by atomic mass is 19.4. The number of benzene rings is 3. The Hall–Kier alpha value is -4.11. The molecule has 9 heteroatoms. The van der Waals surface area contributed by atoms with Gasteiger partial charge in [-0.15, -0.1) is 6.58 Å². The molecule has 0 radical (unpaired) electrons. The Balaban J connectivity index is 1.21. The predicted molar refractivity (Wildman–Crippen MR) is 185 cm³/mol. The van der Waals surface area contributed by atoms with E-state index in [-0.39, 0.29) is 11.9 Å². The maximum Gasteiger partial charge on any atom is 0.405 e. The largest absolute Gasteiger partial charge is 0.405 e. The van der Waals surface area contributed by atoms with Gasteiger partial charge in [0.25, 0.3) is 5.91 Å². The molecule has 2 amide bonds. The molecule has 0 unspecified atom stereocenters. The van der Waals surface area contributed by atoms with E-state index in [4.69, 9.17) is 0 Å². The monoisotopic (exact) mass is 660 g/mol. The number of nitrogens with one attached hydrogen (secondary N) is 1. The number of nitrogens with zero attached hydrogens (tertiary/aromatic N) is 3. The second-order valence-electron chi connectivity index (χ2n) is 13.0. The van der Waals surface area contributed by atoms with E-state index < -0.39 is 24.0 Å². The van der Waals surface area contributed by atoms with Gasteiger partial charge in [0.2, 0.25) is 5.91 Å². The third kappa shape index (κ3) is 8.67. The number of rotatable bonds is 13. The van der Waals surface area contributed by atoms with Gasteiger partial charge in [0.05, 0.1) is 5.41 Å². The first-order chi connectivity index (χ1) is 23.2. The highest BCUT2D eigenvalue weighted by molar-refractivity contribution is 5.95. The van der Waals surface area contributed by atoms with Gasteiger partial charge in [0.15, 0.2) is 0 Å². The Kier molecular flexibility index (Phi) is 12.0. The molecule has 256 valence electrons. The molecule has 0 bridgehead atoms. The standard InChI is InChI=1S/C39H47F3N4O2/c1-2-24-46(35-17-10-5-11-18-35)36(47)31-19-21-34(22-20-31)45-28-26-44(27-29-45)25-12-23-38(32-13-6-3-7-14-32,33-15-8-4-9-16-33)37(48)43-30-39(40,41)42/h2-4,6-9,13-16,19-22,35H,1,5,10-12,17-18,23-30H2,(H,43,48). The van der Waals surface area contributed by atoms with Crippen molar-refractivity contribution in [2.24, 2.45) is 0 Å². The highest BCUT2D eigenvalue weighted by Crippen LogP contribution is 2.38. The van der Waals surface area contributed by atoms with Crippen molar-refractivity contribution in [1.29, 1.82) is 0 Å². The first kappa shape index (κ1) is 35.2. The summed E-state index contributed by atoms with van der Waals surface area (Å²) in [6, 6.07) is 26.5. The van der Waals surface area contributed by atoms with E-state index in [1.807, 2.05) is 95.9 Å². The minimum Gasteiger partial charge on any atom is -0.369 e. The Morgan fingerprint density at radius 3 is 1.96 bits per heavy atom. The van der Waals surface area contributed by atoms with Gasteiger partial charge in [0.1, 0.15) is 6.54 Å². The van der Waals surface area contributed by atoms with Crippen LogP contribution in [0.2, 0.25) is 0 Å². The van der Waals surface area contributed by atoms with Crippen molar-refractivity contribution in [1.82, 2.24) is 15.1 Å². The van der Waals surface area contributed by atoms with Crippen LogP contribution < -0.4 is 10.2 Å². The molecule has 0 atom stereocenters. The summed E-state index contributed by atoms with van der Waals surface area (Å²) >= 11 is 0. The fourth-order valence-electron chi connectivity index (χ4n) is 7.32. The quantitative estimate of drug-likeness (QED) is 0.197. The Morgan fingerprint density at radius 1 is 0.833 bits per heavy atom. The van der Waals surface area contributed by atoms with Gasteiger partial charge in [-0.1, -0.05) is 86.0 Å². The summed E-state index contributed by atoms with van der Waals surface area (Å²) in [6.45, 7) is 7.04. The predicted octanol–water partition coefficient (Wildman–Crippen LogP) is 7.21. The van der Waals surface area contributed by atoms with Crippen LogP contribution in [0, 0.1) is 0 Å². The molecule has 2 aliphatic rings. The molecule has 1 aliphatic carbocycles. The summed E-state index contributed by atoms with van der Waals surface area (Å²) < 4.78 is 39.6. The highest BCUT2D eigenvalue weighted by Gasteiger charge is 2.43. The normalized spacial score (nSPS) is 16.4. The van der Waals surface area contributed by atoms with E-state index in [1.54, 1.807) is 0 Å². The Bertz CT molecular complexity index is 1430. The number of piperazine rings is 1. The number of hydrogen-bond donors (Lipinski definition) is 1.